The Kier molecular flexibility index (Phi) is 5.17. The molecule has 0 fully saturated rings. The second kappa shape index (κ2) is 6.70. The van der Waals surface area contributed by atoms with Crippen LogP contribution in [0.2, 0.25) is 0 Å². The van der Waals surface area contributed by atoms with Gasteiger partial charge >= 0.3 is 0 Å². The summed E-state index contributed by atoms with van der Waals surface area (Å²) >= 11 is 0. The Bertz CT molecular complexity index is 343. The number of likely N-dealkylation sites (N-methyl/N-ethyl adjacent to an activating group) is 1. The van der Waals surface area contributed by atoms with Gasteiger partial charge in [-0.05, 0) is 31.3 Å². The van der Waals surface area contributed by atoms with Gasteiger partial charge in [0.25, 0.3) is 0 Å². The van der Waals surface area contributed by atoms with Crippen molar-refractivity contribution in [2.24, 2.45) is 0 Å². The molecule has 0 heterocycles. The van der Waals surface area contributed by atoms with Gasteiger partial charge in [0.05, 0.1) is 19.7 Å². The highest BCUT2D eigenvalue weighted by atomic mass is 16.5. The third-order valence-electron chi connectivity index (χ3n) is 2.14. The van der Waals surface area contributed by atoms with Crippen LogP contribution in [0.4, 0.5) is 0 Å². The van der Waals surface area contributed by atoms with Gasteiger partial charge in [-0.15, -0.1) is 0 Å². The first-order chi connectivity index (χ1) is 7.76. The molecule has 1 aromatic rings. The van der Waals surface area contributed by atoms with Crippen molar-refractivity contribution in [2.45, 2.75) is 0 Å². The van der Waals surface area contributed by atoms with Crippen molar-refractivity contribution < 1.29 is 9.47 Å². The van der Waals surface area contributed by atoms with Crippen LogP contribution in [-0.2, 0) is 0 Å². The molecule has 0 amide bonds. The van der Waals surface area contributed by atoms with E-state index in [9.17, 15) is 0 Å². The lowest BCUT2D eigenvalue weighted by molar-refractivity contribution is 0.251. The van der Waals surface area contributed by atoms with Gasteiger partial charge in [0.15, 0.2) is 0 Å². The summed E-state index contributed by atoms with van der Waals surface area (Å²) in [6, 6.07) is 9.52. The summed E-state index contributed by atoms with van der Waals surface area (Å²) in [4.78, 5) is 1.91. The summed E-state index contributed by atoms with van der Waals surface area (Å²) in [5.74, 6) is 1.63. The molecule has 1 aromatic carbocycles. The number of hydrogen-bond acceptors (Lipinski definition) is 4. The van der Waals surface area contributed by atoms with Crippen molar-refractivity contribution in [3.63, 3.8) is 0 Å². The number of nitrogens with zero attached hydrogens (tertiary/aromatic N) is 2. The fourth-order valence-electron chi connectivity index (χ4n) is 1.19. The van der Waals surface area contributed by atoms with Gasteiger partial charge in [0.2, 0.25) is 0 Å². The minimum Gasteiger partial charge on any atom is -0.497 e. The van der Waals surface area contributed by atoms with Crippen molar-refractivity contribution in [3.8, 4) is 17.6 Å². The van der Waals surface area contributed by atoms with Crippen molar-refractivity contribution in [1.82, 2.24) is 4.90 Å². The summed E-state index contributed by atoms with van der Waals surface area (Å²) in [5.41, 5.74) is 0. The molecule has 0 saturated heterocycles. The van der Waals surface area contributed by atoms with Gasteiger partial charge < -0.3 is 9.47 Å². The zero-order valence-corrected chi connectivity index (χ0v) is 9.64. The van der Waals surface area contributed by atoms with E-state index in [0.717, 1.165) is 18.0 Å². The van der Waals surface area contributed by atoms with Gasteiger partial charge in [-0.2, -0.15) is 5.26 Å². The summed E-state index contributed by atoms with van der Waals surface area (Å²) in [6.07, 6.45) is 0. The van der Waals surface area contributed by atoms with Gasteiger partial charge in [0, 0.05) is 6.54 Å². The van der Waals surface area contributed by atoms with Crippen molar-refractivity contribution in [3.05, 3.63) is 24.3 Å². The van der Waals surface area contributed by atoms with Gasteiger partial charge in [-0.1, -0.05) is 0 Å². The van der Waals surface area contributed by atoms with E-state index in [1.54, 1.807) is 7.11 Å². The number of ether oxygens (including phenoxy) is 2. The van der Waals surface area contributed by atoms with E-state index in [4.69, 9.17) is 14.7 Å². The quantitative estimate of drug-likeness (QED) is 0.682. The zero-order chi connectivity index (χ0) is 11.8. The van der Waals surface area contributed by atoms with Gasteiger partial charge in [-0.25, -0.2) is 0 Å². The maximum absolute atomic E-state index is 8.46. The molecule has 0 spiro atoms. The molecule has 0 saturated carbocycles. The highest BCUT2D eigenvalue weighted by molar-refractivity contribution is 5.31. The molecule has 0 radical (unpaired) electrons. The van der Waals surface area contributed by atoms with E-state index >= 15 is 0 Å². The maximum atomic E-state index is 8.46. The zero-order valence-electron chi connectivity index (χ0n) is 9.64. The predicted octanol–water partition coefficient (Wildman–Crippen LogP) is 1.53. The van der Waals surface area contributed by atoms with Crippen molar-refractivity contribution in [2.75, 3.05) is 33.9 Å². The highest BCUT2D eigenvalue weighted by Gasteiger charge is 1.98. The third-order valence-corrected chi connectivity index (χ3v) is 2.14. The smallest absolute Gasteiger partial charge is 0.119 e. The molecule has 0 N–H and O–H groups in total. The number of methoxy groups -OCH3 is 1. The highest BCUT2D eigenvalue weighted by Crippen LogP contribution is 2.16. The van der Waals surface area contributed by atoms with Crippen LogP contribution in [0.25, 0.3) is 0 Å². The number of benzene rings is 1. The molecular formula is C12H16N2O2. The van der Waals surface area contributed by atoms with Crippen LogP contribution in [0.5, 0.6) is 11.5 Å². The standard InChI is InChI=1S/C12H16N2O2/c1-14(8-7-13)9-10-16-12-5-3-11(15-2)4-6-12/h3-6H,8-10H2,1-2H3. The van der Waals surface area contributed by atoms with E-state index < -0.39 is 0 Å². The molecule has 0 unspecified atom stereocenters. The fraction of sp³-hybridized carbons (Fsp3) is 0.417. The van der Waals surface area contributed by atoms with E-state index in [2.05, 4.69) is 6.07 Å². The molecule has 4 nitrogen and oxygen atoms in total. The molecule has 86 valence electrons. The second-order valence-corrected chi connectivity index (χ2v) is 3.42. The van der Waals surface area contributed by atoms with E-state index in [0.29, 0.717) is 13.2 Å². The first kappa shape index (κ1) is 12.3. The average Bonchev–Trinajstić information content (AvgIpc) is 2.30. The van der Waals surface area contributed by atoms with Crippen LogP contribution in [0.1, 0.15) is 0 Å². The molecule has 4 heteroatoms. The summed E-state index contributed by atoms with van der Waals surface area (Å²) in [7, 11) is 3.52. The monoisotopic (exact) mass is 220 g/mol. The molecule has 0 aliphatic heterocycles. The molecule has 16 heavy (non-hydrogen) atoms. The van der Waals surface area contributed by atoms with Crippen LogP contribution in [0.15, 0.2) is 24.3 Å². The first-order valence-electron chi connectivity index (χ1n) is 5.08. The molecule has 0 aliphatic rings. The lowest BCUT2D eigenvalue weighted by atomic mass is 10.3. The molecule has 0 bridgehead atoms. The van der Waals surface area contributed by atoms with Crippen molar-refractivity contribution >= 4 is 0 Å². The Labute approximate surface area is 96.0 Å². The Balaban J connectivity index is 2.29. The van der Waals surface area contributed by atoms with Gasteiger partial charge in [-0.3, -0.25) is 4.90 Å². The van der Waals surface area contributed by atoms with Crippen LogP contribution >= 0.6 is 0 Å². The van der Waals surface area contributed by atoms with E-state index in [-0.39, 0.29) is 0 Å². The van der Waals surface area contributed by atoms with Gasteiger partial charge in [0.1, 0.15) is 18.1 Å². The minimum atomic E-state index is 0.423. The van der Waals surface area contributed by atoms with Crippen LogP contribution in [-0.4, -0.2) is 38.8 Å². The molecule has 0 aromatic heterocycles. The third kappa shape index (κ3) is 4.20. The Morgan fingerprint density at radius 3 is 2.44 bits per heavy atom. The van der Waals surface area contributed by atoms with Crippen molar-refractivity contribution in [1.29, 1.82) is 5.26 Å². The van der Waals surface area contributed by atoms with Crippen LogP contribution < -0.4 is 9.47 Å². The molecule has 0 atom stereocenters. The topological polar surface area (TPSA) is 45.5 Å². The first-order valence-corrected chi connectivity index (χ1v) is 5.08. The van der Waals surface area contributed by atoms with Crippen LogP contribution in [0, 0.1) is 11.3 Å². The second-order valence-electron chi connectivity index (χ2n) is 3.42. The number of rotatable bonds is 6. The predicted molar refractivity (Wildman–Crippen MR) is 61.6 cm³/mol. The largest absolute Gasteiger partial charge is 0.497 e. The van der Waals surface area contributed by atoms with Crippen LogP contribution in [0.3, 0.4) is 0 Å². The Morgan fingerprint density at radius 2 is 1.88 bits per heavy atom. The summed E-state index contributed by atoms with van der Waals surface area (Å²) in [6.45, 7) is 1.73. The normalized spacial score (nSPS) is 9.88. The molecule has 0 aliphatic carbocycles. The Hall–Kier alpha value is -1.73. The Morgan fingerprint density at radius 1 is 1.25 bits per heavy atom. The summed E-state index contributed by atoms with van der Waals surface area (Å²) < 4.78 is 10.6. The molecule has 1 rings (SSSR count). The minimum absolute atomic E-state index is 0.423. The lowest BCUT2D eigenvalue weighted by Crippen LogP contribution is -2.24. The lowest BCUT2D eigenvalue weighted by Gasteiger charge is -2.13. The summed E-state index contributed by atoms with van der Waals surface area (Å²) in [5, 5.41) is 8.46. The number of nitriles is 1. The van der Waals surface area contributed by atoms with E-state index in [1.807, 2.05) is 36.2 Å². The fourth-order valence-corrected chi connectivity index (χ4v) is 1.19. The SMILES string of the molecule is COc1ccc(OCCN(C)CC#N)cc1. The molecular weight excluding hydrogens is 204 g/mol. The maximum Gasteiger partial charge on any atom is 0.119 e. The number of hydrogen-bond donors (Lipinski definition) is 0. The van der Waals surface area contributed by atoms with E-state index in [1.165, 1.54) is 0 Å². The average molecular weight is 220 g/mol.